The van der Waals surface area contributed by atoms with Crippen LogP contribution in [-0.4, -0.2) is 48.2 Å². The van der Waals surface area contributed by atoms with Gasteiger partial charge in [0.05, 0.1) is 12.6 Å². The lowest BCUT2D eigenvalue weighted by Gasteiger charge is -2.29. The highest BCUT2D eigenvalue weighted by molar-refractivity contribution is 5.93. The first kappa shape index (κ1) is 11.2. The summed E-state index contributed by atoms with van der Waals surface area (Å²) in [6.07, 6.45) is 3.30. The second kappa shape index (κ2) is 4.73. The molecule has 3 heterocycles. The highest BCUT2D eigenvalue weighted by Crippen LogP contribution is 2.29. The average molecular weight is 245 g/mol. The predicted octanol–water partition coefficient (Wildman–Crippen LogP) is 0.443. The maximum atomic E-state index is 5.33. The molecule has 1 aliphatic heterocycles. The molecule has 0 aliphatic carbocycles. The fourth-order valence-electron chi connectivity index (χ4n) is 2.23. The van der Waals surface area contributed by atoms with E-state index in [4.69, 9.17) is 4.74 Å². The van der Waals surface area contributed by atoms with Crippen molar-refractivity contribution in [3.05, 3.63) is 18.6 Å². The minimum atomic E-state index is 0.585. The Bertz CT molecular complexity index is 548. The summed E-state index contributed by atoms with van der Waals surface area (Å²) < 4.78 is 5.33. The molecule has 1 aliphatic rings. The second-order valence-electron chi connectivity index (χ2n) is 4.15. The Kier molecular flexibility index (Phi) is 2.93. The highest BCUT2D eigenvalue weighted by atomic mass is 16.5. The molecule has 0 unspecified atom stereocenters. The number of nitrogens with one attached hydrogen (secondary N) is 1. The fourth-order valence-corrected chi connectivity index (χ4v) is 2.23. The van der Waals surface area contributed by atoms with Gasteiger partial charge in [0, 0.05) is 32.4 Å². The lowest BCUT2D eigenvalue weighted by Crippen LogP contribution is -2.44. The van der Waals surface area contributed by atoms with Gasteiger partial charge in [-0.2, -0.15) is 0 Å². The molecule has 1 fully saturated rings. The summed E-state index contributed by atoms with van der Waals surface area (Å²) in [5.74, 6) is 1.49. The van der Waals surface area contributed by atoms with Crippen molar-refractivity contribution in [2.75, 3.05) is 38.2 Å². The maximum Gasteiger partial charge on any atom is 0.226 e. The van der Waals surface area contributed by atoms with Gasteiger partial charge < -0.3 is 15.0 Å². The molecule has 6 nitrogen and oxygen atoms in total. The predicted molar refractivity (Wildman–Crippen MR) is 69.0 cm³/mol. The molecule has 0 aromatic carbocycles. The van der Waals surface area contributed by atoms with Gasteiger partial charge in [0.2, 0.25) is 5.88 Å². The van der Waals surface area contributed by atoms with Crippen LogP contribution < -0.4 is 15.0 Å². The molecule has 2 aromatic rings. The number of fused-ring (bicyclic) bond motifs is 1. The van der Waals surface area contributed by atoms with Crippen LogP contribution in [0.15, 0.2) is 18.6 Å². The van der Waals surface area contributed by atoms with Crippen molar-refractivity contribution in [3.63, 3.8) is 0 Å². The van der Waals surface area contributed by atoms with Gasteiger partial charge in [-0.15, -0.1) is 0 Å². The van der Waals surface area contributed by atoms with Gasteiger partial charge in [-0.25, -0.2) is 15.0 Å². The molecule has 3 rings (SSSR count). The Balaban J connectivity index is 2.15. The third-order valence-electron chi connectivity index (χ3n) is 3.10. The monoisotopic (exact) mass is 245 g/mol. The van der Waals surface area contributed by atoms with Gasteiger partial charge in [-0.3, -0.25) is 0 Å². The van der Waals surface area contributed by atoms with E-state index in [1.165, 1.54) is 0 Å². The van der Waals surface area contributed by atoms with Crippen molar-refractivity contribution in [3.8, 4) is 5.88 Å². The van der Waals surface area contributed by atoms with E-state index in [-0.39, 0.29) is 0 Å². The van der Waals surface area contributed by atoms with Crippen LogP contribution in [0, 0.1) is 0 Å². The van der Waals surface area contributed by atoms with E-state index in [2.05, 4.69) is 25.2 Å². The lowest BCUT2D eigenvalue weighted by atomic mass is 10.2. The van der Waals surface area contributed by atoms with Crippen molar-refractivity contribution in [1.29, 1.82) is 0 Å². The Morgan fingerprint density at radius 3 is 2.83 bits per heavy atom. The van der Waals surface area contributed by atoms with Gasteiger partial charge in [0.25, 0.3) is 0 Å². The molecule has 1 N–H and O–H groups in total. The third-order valence-corrected chi connectivity index (χ3v) is 3.10. The number of pyridine rings is 1. The van der Waals surface area contributed by atoms with Crippen LogP contribution >= 0.6 is 0 Å². The molecule has 6 heteroatoms. The highest BCUT2D eigenvalue weighted by Gasteiger charge is 2.18. The summed E-state index contributed by atoms with van der Waals surface area (Å²) >= 11 is 0. The van der Waals surface area contributed by atoms with Gasteiger partial charge >= 0.3 is 0 Å². The molecule has 0 atom stereocenters. The standard InChI is InChI=1S/C12H15N5O/c1-18-12-10-9(2-3-14-12)15-8-16-11(10)17-6-4-13-5-7-17/h2-3,8,13H,4-7H2,1H3. The fraction of sp³-hybridized carbons (Fsp3) is 0.417. The number of anilines is 1. The van der Waals surface area contributed by atoms with E-state index in [9.17, 15) is 0 Å². The molecule has 0 spiro atoms. The van der Waals surface area contributed by atoms with Crippen molar-refractivity contribution in [2.24, 2.45) is 0 Å². The van der Waals surface area contributed by atoms with Gasteiger partial charge in [-0.1, -0.05) is 0 Å². The molecular weight excluding hydrogens is 230 g/mol. The van der Waals surface area contributed by atoms with E-state index in [0.29, 0.717) is 5.88 Å². The summed E-state index contributed by atoms with van der Waals surface area (Å²) in [5, 5.41) is 4.22. The van der Waals surface area contributed by atoms with Crippen molar-refractivity contribution in [2.45, 2.75) is 0 Å². The van der Waals surface area contributed by atoms with Crippen LogP contribution in [0.5, 0.6) is 5.88 Å². The average Bonchev–Trinajstić information content (AvgIpc) is 2.47. The summed E-state index contributed by atoms with van der Waals surface area (Å²) in [4.78, 5) is 15.2. The van der Waals surface area contributed by atoms with Crippen LogP contribution in [0.25, 0.3) is 10.9 Å². The number of aromatic nitrogens is 3. The third kappa shape index (κ3) is 1.84. The van der Waals surface area contributed by atoms with Crippen LogP contribution in [-0.2, 0) is 0 Å². The smallest absolute Gasteiger partial charge is 0.226 e. The molecular formula is C12H15N5O. The first-order valence-corrected chi connectivity index (χ1v) is 5.99. The molecule has 94 valence electrons. The number of hydrogen-bond donors (Lipinski definition) is 1. The Morgan fingerprint density at radius 1 is 1.22 bits per heavy atom. The molecule has 18 heavy (non-hydrogen) atoms. The molecule has 0 amide bonds. The first-order valence-electron chi connectivity index (χ1n) is 5.99. The van der Waals surface area contributed by atoms with Gasteiger partial charge in [0.1, 0.15) is 17.5 Å². The lowest BCUT2D eigenvalue weighted by molar-refractivity contribution is 0.403. The van der Waals surface area contributed by atoms with Gasteiger partial charge in [-0.05, 0) is 6.07 Å². The number of methoxy groups -OCH3 is 1. The summed E-state index contributed by atoms with van der Waals surface area (Å²) in [7, 11) is 1.62. The van der Waals surface area contributed by atoms with Crippen LogP contribution in [0.2, 0.25) is 0 Å². The second-order valence-corrected chi connectivity index (χ2v) is 4.15. The summed E-state index contributed by atoms with van der Waals surface area (Å²) in [6.45, 7) is 3.80. The number of rotatable bonds is 2. The molecule has 1 saturated heterocycles. The quantitative estimate of drug-likeness (QED) is 0.828. The van der Waals surface area contributed by atoms with Crippen LogP contribution in [0.3, 0.4) is 0 Å². The number of nitrogens with zero attached hydrogens (tertiary/aromatic N) is 4. The van der Waals surface area contributed by atoms with Gasteiger partial charge in [0.15, 0.2) is 0 Å². The molecule has 2 aromatic heterocycles. The normalized spacial score (nSPS) is 15.9. The summed E-state index contributed by atoms with van der Waals surface area (Å²) in [6, 6.07) is 1.88. The largest absolute Gasteiger partial charge is 0.480 e. The number of hydrogen-bond acceptors (Lipinski definition) is 6. The molecule has 0 radical (unpaired) electrons. The molecule has 0 saturated carbocycles. The van der Waals surface area contributed by atoms with E-state index in [1.807, 2.05) is 6.07 Å². The minimum Gasteiger partial charge on any atom is -0.480 e. The van der Waals surface area contributed by atoms with E-state index in [0.717, 1.165) is 42.9 Å². The van der Waals surface area contributed by atoms with Crippen molar-refractivity contribution in [1.82, 2.24) is 20.3 Å². The summed E-state index contributed by atoms with van der Waals surface area (Å²) in [5.41, 5.74) is 0.866. The topological polar surface area (TPSA) is 63.2 Å². The van der Waals surface area contributed by atoms with Crippen LogP contribution in [0.1, 0.15) is 0 Å². The Morgan fingerprint density at radius 2 is 2.06 bits per heavy atom. The zero-order valence-electron chi connectivity index (χ0n) is 10.3. The van der Waals surface area contributed by atoms with Crippen molar-refractivity contribution >= 4 is 16.7 Å². The van der Waals surface area contributed by atoms with E-state index < -0.39 is 0 Å². The van der Waals surface area contributed by atoms with Crippen molar-refractivity contribution < 1.29 is 4.74 Å². The SMILES string of the molecule is COc1nccc2ncnc(N3CCNCC3)c12. The Labute approximate surface area is 105 Å². The number of piperazine rings is 1. The van der Waals surface area contributed by atoms with Crippen LogP contribution in [0.4, 0.5) is 5.82 Å². The molecule has 0 bridgehead atoms. The number of ether oxygens (including phenoxy) is 1. The zero-order valence-corrected chi connectivity index (χ0v) is 10.3. The Hall–Kier alpha value is -1.95. The zero-order chi connectivity index (χ0) is 12.4. The maximum absolute atomic E-state index is 5.33. The van der Waals surface area contributed by atoms with E-state index in [1.54, 1.807) is 19.6 Å². The minimum absolute atomic E-state index is 0.585. The van der Waals surface area contributed by atoms with E-state index >= 15 is 0 Å². The first-order chi connectivity index (χ1) is 8.90.